The minimum Gasteiger partial charge on any atom is -0.338 e. The summed E-state index contributed by atoms with van der Waals surface area (Å²) in [4.78, 5) is 0. The number of likely N-dealkylation sites (N-methyl/N-ethyl adjacent to an activating group) is 1. The van der Waals surface area contributed by atoms with E-state index in [4.69, 9.17) is 9.47 Å². The third-order valence-electron chi connectivity index (χ3n) is 3.37. The Morgan fingerprint density at radius 2 is 1.67 bits per heavy atom. The second kappa shape index (κ2) is 4.34. The van der Waals surface area contributed by atoms with Gasteiger partial charge in [-0.05, 0) is 13.8 Å². The van der Waals surface area contributed by atoms with Gasteiger partial charge in [-0.3, -0.25) is 0 Å². The summed E-state index contributed by atoms with van der Waals surface area (Å²) in [5.41, 5.74) is 0.871. The molecule has 3 nitrogen and oxygen atoms in total. The standard InChI is InChI=1S/C15H24NO2/c1-14(2)15(18-14,13-9-7-6-8-10-13)17-12-11-16(3,4)5/h6-10H,11-12H2,1-5H3/q+1. The van der Waals surface area contributed by atoms with Crippen LogP contribution in [-0.2, 0) is 15.3 Å². The van der Waals surface area contributed by atoms with E-state index in [1.165, 1.54) is 0 Å². The topological polar surface area (TPSA) is 21.8 Å². The highest BCUT2D eigenvalue weighted by Crippen LogP contribution is 2.56. The number of rotatable bonds is 5. The number of ether oxygens (including phenoxy) is 2. The van der Waals surface area contributed by atoms with Crippen LogP contribution < -0.4 is 0 Å². The molecule has 1 aliphatic rings. The molecule has 1 aliphatic heterocycles. The van der Waals surface area contributed by atoms with E-state index in [-0.39, 0.29) is 5.60 Å². The lowest BCUT2D eigenvalue weighted by molar-refractivity contribution is -0.871. The van der Waals surface area contributed by atoms with Gasteiger partial charge in [-0.2, -0.15) is 0 Å². The van der Waals surface area contributed by atoms with Crippen molar-refractivity contribution in [2.24, 2.45) is 0 Å². The summed E-state index contributed by atoms with van der Waals surface area (Å²) in [6, 6.07) is 10.2. The van der Waals surface area contributed by atoms with Crippen LogP contribution >= 0.6 is 0 Å². The van der Waals surface area contributed by atoms with Gasteiger partial charge in [0.05, 0.1) is 27.7 Å². The maximum atomic E-state index is 6.08. The molecule has 1 aromatic carbocycles. The maximum absolute atomic E-state index is 6.08. The summed E-state index contributed by atoms with van der Waals surface area (Å²) in [5, 5.41) is 0. The molecule has 1 saturated heterocycles. The average Bonchev–Trinajstić information content (AvgIpc) is 2.81. The van der Waals surface area contributed by atoms with Gasteiger partial charge in [0.2, 0.25) is 5.79 Å². The zero-order valence-electron chi connectivity index (χ0n) is 12.1. The number of nitrogens with zero attached hydrogens (tertiary/aromatic N) is 1. The fourth-order valence-corrected chi connectivity index (χ4v) is 2.15. The van der Waals surface area contributed by atoms with Crippen molar-refractivity contribution in [3.63, 3.8) is 0 Å². The quantitative estimate of drug-likeness (QED) is 0.591. The normalized spacial score (nSPS) is 26.1. The molecule has 0 radical (unpaired) electrons. The first-order chi connectivity index (χ1) is 8.27. The van der Waals surface area contributed by atoms with Gasteiger partial charge in [0, 0.05) is 5.56 Å². The van der Waals surface area contributed by atoms with Crippen LogP contribution in [0.15, 0.2) is 30.3 Å². The average molecular weight is 250 g/mol. The van der Waals surface area contributed by atoms with E-state index in [2.05, 4.69) is 47.1 Å². The monoisotopic (exact) mass is 250 g/mol. The first-order valence-electron chi connectivity index (χ1n) is 6.47. The Morgan fingerprint density at radius 1 is 1.11 bits per heavy atom. The number of hydrogen-bond donors (Lipinski definition) is 0. The molecule has 3 heteroatoms. The third kappa shape index (κ3) is 2.58. The van der Waals surface area contributed by atoms with Gasteiger partial charge in [0.25, 0.3) is 0 Å². The minimum atomic E-state index is -0.552. The second-order valence-electron chi connectivity index (χ2n) is 6.46. The van der Waals surface area contributed by atoms with Crippen molar-refractivity contribution in [1.29, 1.82) is 0 Å². The molecule has 0 amide bonds. The van der Waals surface area contributed by atoms with E-state index in [1.54, 1.807) is 0 Å². The molecule has 1 atom stereocenters. The molecule has 0 aliphatic carbocycles. The van der Waals surface area contributed by atoms with Crippen molar-refractivity contribution in [2.75, 3.05) is 34.3 Å². The van der Waals surface area contributed by atoms with Gasteiger partial charge in [0.15, 0.2) is 0 Å². The van der Waals surface area contributed by atoms with E-state index in [0.29, 0.717) is 6.61 Å². The Bertz CT molecular complexity index is 408. The fourth-order valence-electron chi connectivity index (χ4n) is 2.15. The Labute approximate surface area is 110 Å². The first-order valence-corrected chi connectivity index (χ1v) is 6.47. The highest BCUT2D eigenvalue weighted by molar-refractivity contribution is 5.29. The Kier molecular flexibility index (Phi) is 3.26. The van der Waals surface area contributed by atoms with Crippen LogP contribution in [0.4, 0.5) is 0 Å². The highest BCUT2D eigenvalue weighted by atomic mass is 16.8. The summed E-state index contributed by atoms with van der Waals surface area (Å²) in [6.07, 6.45) is 0. The Balaban J connectivity index is 2.07. The fraction of sp³-hybridized carbons (Fsp3) is 0.600. The number of epoxide rings is 1. The molecule has 1 aromatic rings. The van der Waals surface area contributed by atoms with E-state index in [0.717, 1.165) is 16.6 Å². The zero-order valence-corrected chi connectivity index (χ0v) is 12.1. The van der Waals surface area contributed by atoms with Crippen molar-refractivity contribution in [3.8, 4) is 0 Å². The predicted octanol–water partition coefficient (Wildman–Crippen LogP) is 2.37. The molecule has 0 aromatic heterocycles. The molecule has 18 heavy (non-hydrogen) atoms. The SMILES string of the molecule is CC1(C)OC1(OCC[N+](C)(C)C)c1ccccc1. The molecule has 1 unspecified atom stereocenters. The number of benzene rings is 1. The lowest BCUT2D eigenvalue weighted by atomic mass is 9.99. The molecule has 1 heterocycles. The number of hydrogen-bond acceptors (Lipinski definition) is 2. The van der Waals surface area contributed by atoms with Crippen LogP contribution in [0.1, 0.15) is 19.4 Å². The smallest absolute Gasteiger partial charge is 0.225 e. The Morgan fingerprint density at radius 3 is 2.11 bits per heavy atom. The van der Waals surface area contributed by atoms with Crippen LogP contribution in [0.25, 0.3) is 0 Å². The molecule has 2 rings (SSSR count). The largest absolute Gasteiger partial charge is 0.338 e. The molecular formula is C15H24NO2+. The molecule has 0 bridgehead atoms. The van der Waals surface area contributed by atoms with Gasteiger partial charge in [-0.15, -0.1) is 0 Å². The maximum Gasteiger partial charge on any atom is 0.225 e. The van der Waals surface area contributed by atoms with Crippen molar-refractivity contribution in [1.82, 2.24) is 0 Å². The molecular weight excluding hydrogens is 226 g/mol. The van der Waals surface area contributed by atoms with E-state index < -0.39 is 5.79 Å². The summed E-state index contributed by atoms with van der Waals surface area (Å²) in [5.74, 6) is -0.552. The first kappa shape index (κ1) is 13.5. The Hall–Kier alpha value is -0.900. The van der Waals surface area contributed by atoms with Crippen LogP contribution in [0, 0.1) is 0 Å². The lowest BCUT2D eigenvalue weighted by Crippen LogP contribution is -2.39. The second-order valence-corrected chi connectivity index (χ2v) is 6.46. The minimum absolute atomic E-state index is 0.237. The third-order valence-corrected chi connectivity index (χ3v) is 3.37. The van der Waals surface area contributed by atoms with Crippen LogP contribution in [0.3, 0.4) is 0 Å². The number of quaternary nitrogens is 1. The predicted molar refractivity (Wildman–Crippen MR) is 72.1 cm³/mol. The van der Waals surface area contributed by atoms with E-state index >= 15 is 0 Å². The molecule has 0 N–H and O–H groups in total. The zero-order chi connectivity index (χ0) is 13.4. The van der Waals surface area contributed by atoms with Crippen molar-refractivity contribution in [3.05, 3.63) is 35.9 Å². The van der Waals surface area contributed by atoms with E-state index in [1.807, 2.05) is 18.2 Å². The molecule has 100 valence electrons. The summed E-state index contributed by atoms with van der Waals surface area (Å²) >= 11 is 0. The van der Waals surface area contributed by atoms with Gasteiger partial charge in [0.1, 0.15) is 12.1 Å². The van der Waals surface area contributed by atoms with Crippen molar-refractivity contribution < 1.29 is 14.0 Å². The summed E-state index contributed by atoms with van der Waals surface area (Å²) in [7, 11) is 6.49. The highest BCUT2D eigenvalue weighted by Gasteiger charge is 2.66. The van der Waals surface area contributed by atoms with Crippen molar-refractivity contribution >= 4 is 0 Å². The van der Waals surface area contributed by atoms with Crippen LogP contribution in [0.5, 0.6) is 0 Å². The van der Waals surface area contributed by atoms with Crippen LogP contribution in [0.2, 0.25) is 0 Å². The molecule has 0 spiro atoms. The van der Waals surface area contributed by atoms with Gasteiger partial charge >= 0.3 is 0 Å². The van der Waals surface area contributed by atoms with E-state index in [9.17, 15) is 0 Å². The lowest BCUT2D eigenvalue weighted by Gasteiger charge is -2.25. The molecule has 0 saturated carbocycles. The molecule has 1 fully saturated rings. The summed E-state index contributed by atoms with van der Waals surface area (Å²) in [6.45, 7) is 5.81. The van der Waals surface area contributed by atoms with Gasteiger partial charge in [-0.25, -0.2) is 0 Å². The van der Waals surface area contributed by atoms with Crippen molar-refractivity contribution in [2.45, 2.75) is 25.2 Å². The van der Waals surface area contributed by atoms with Gasteiger partial charge in [-0.1, -0.05) is 30.3 Å². The summed E-state index contributed by atoms with van der Waals surface area (Å²) < 4.78 is 12.8. The van der Waals surface area contributed by atoms with Crippen LogP contribution in [-0.4, -0.2) is 44.4 Å². The van der Waals surface area contributed by atoms with Gasteiger partial charge < -0.3 is 14.0 Å².